The first-order valence-electron chi connectivity index (χ1n) is 10.2. The maximum absolute atomic E-state index is 13.3. The van der Waals surface area contributed by atoms with E-state index in [2.05, 4.69) is 10.1 Å². The lowest BCUT2D eigenvalue weighted by Gasteiger charge is -2.10. The molecule has 3 aromatic heterocycles. The van der Waals surface area contributed by atoms with Crippen molar-refractivity contribution in [2.45, 2.75) is 26.4 Å². The normalized spacial score (nSPS) is 11.3. The SMILES string of the molecule is Cc1ccc(-c2noc(Cn3c(=O)n(CCc4ccccc4)c(=O)c4sccc43)n2)cc1. The summed E-state index contributed by atoms with van der Waals surface area (Å²) in [6.45, 7) is 2.40. The molecule has 32 heavy (non-hydrogen) atoms. The highest BCUT2D eigenvalue weighted by molar-refractivity contribution is 7.17. The van der Waals surface area contributed by atoms with E-state index in [1.165, 1.54) is 20.5 Å². The van der Waals surface area contributed by atoms with Gasteiger partial charge >= 0.3 is 5.69 Å². The molecule has 0 bridgehead atoms. The molecule has 0 atom stereocenters. The Balaban J connectivity index is 1.50. The van der Waals surface area contributed by atoms with E-state index in [9.17, 15) is 9.59 Å². The van der Waals surface area contributed by atoms with Gasteiger partial charge in [-0.05, 0) is 30.4 Å². The van der Waals surface area contributed by atoms with Gasteiger partial charge in [-0.1, -0.05) is 65.3 Å². The van der Waals surface area contributed by atoms with Crippen LogP contribution in [0.4, 0.5) is 0 Å². The monoisotopic (exact) mass is 444 g/mol. The second-order valence-electron chi connectivity index (χ2n) is 7.57. The first-order valence-corrected chi connectivity index (χ1v) is 11.1. The molecule has 0 aliphatic rings. The highest BCUT2D eigenvalue weighted by Gasteiger charge is 2.17. The fourth-order valence-electron chi connectivity index (χ4n) is 3.64. The number of fused-ring (bicyclic) bond motifs is 1. The van der Waals surface area contributed by atoms with E-state index in [1.807, 2.05) is 66.9 Å². The average Bonchev–Trinajstić information content (AvgIpc) is 3.48. The van der Waals surface area contributed by atoms with Gasteiger partial charge in [0.05, 0.1) is 5.52 Å². The molecule has 0 spiro atoms. The van der Waals surface area contributed by atoms with Crippen LogP contribution < -0.4 is 11.2 Å². The van der Waals surface area contributed by atoms with E-state index >= 15 is 0 Å². The van der Waals surface area contributed by atoms with Crippen molar-refractivity contribution in [2.75, 3.05) is 0 Å². The van der Waals surface area contributed by atoms with Crippen LogP contribution in [0.25, 0.3) is 21.6 Å². The zero-order valence-electron chi connectivity index (χ0n) is 17.4. The zero-order valence-corrected chi connectivity index (χ0v) is 18.2. The third-order valence-electron chi connectivity index (χ3n) is 5.37. The number of rotatable bonds is 6. The molecule has 0 saturated heterocycles. The first kappa shape index (κ1) is 20.1. The molecule has 0 aliphatic carbocycles. The van der Waals surface area contributed by atoms with Gasteiger partial charge in [0.1, 0.15) is 11.2 Å². The van der Waals surface area contributed by atoms with Gasteiger partial charge in [0.25, 0.3) is 5.56 Å². The maximum Gasteiger partial charge on any atom is 0.332 e. The van der Waals surface area contributed by atoms with Crippen molar-refractivity contribution in [3.8, 4) is 11.4 Å². The minimum Gasteiger partial charge on any atom is -0.337 e. The highest BCUT2D eigenvalue weighted by Crippen LogP contribution is 2.19. The van der Waals surface area contributed by atoms with Crippen molar-refractivity contribution in [3.63, 3.8) is 0 Å². The van der Waals surface area contributed by atoms with Crippen molar-refractivity contribution in [1.29, 1.82) is 0 Å². The Labute approximate surface area is 187 Å². The van der Waals surface area contributed by atoms with E-state index < -0.39 is 0 Å². The van der Waals surface area contributed by atoms with Crippen molar-refractivity contribution in [1.82, 2.24) is 19.3 Å². The van der Waals surface area contributed by atoms with Crippen LogP contribution in [0.3, 0.4) is 0 Å². The molecule has 0 aliphatic heterocycles. The molecule has 8 heteroatoms. The van der Waals surface area contributed by atoms with Crippen LogP contribution in [-0.2, 0) is 19.5 Å². The number of aryl methyl sites for hydroxylation is 2. The van der Waals surface area contributed by atoms with Crippen LogP contribution >= 0.6 is 11.3 Å². The van der Waals surface area contributed by atoms with Crippen LogP contribution in [-0.4, -0.2) is 19.3 Å². The summed E-state index contributed by atoms with van der Waals surface area (Å²) in [6.07, 6.45) is 0.588. The summed E-state index contributed by atoms with van der Waals surface area (Å²) < 4.78 is 8.79. The van der Waals surface area contributed by atoms with Crippen molar-refractivity contribution in [3.05, 3.63) is 104 Å². The Morgan fingerprint density at radius 3 is 2.53 bits per heavy atom. The molecule has 5 rings (SSSR count). The molecule has 0 fully saturated rings. The lowest BCUT2D eigenvalue weighted by atomic mass is 10.1. The topological polar surface area (TPSA) is 82.9 Å². The maximum atomic E-state index is 13.3. The third-order valence-corrected chi connectivity index (χ3v) is 6.27. The summed E-state index contributed by atoms with van der Waals surface area (Å²) in [7, 11) is 0. The minimum atomic E-state index is -0.382. The summed E-state index contributed by atoms with van der Waals surface area (Å²) in [6, 6.07) is 19.4. The number of hydrogen-bond acceptors (Lipinski definition) is 6. The number of hydrogen-bond donors (Lipinski definition) is 0. The Bertz CT molecular complexity index is 1490. The zero-order chi connectivity index (χ0) is 22.1. The molecule has 2 aromatic carbocycles. The van der Waals surface area contributed by atoms with Gasteiger partial charge in [-0.3, -0.25) is 13.9 Å². The van der Waals surface area contributed by atoms with Crippen LogP contribution in [0.5, 0.6) is 0 Å². The van der Waals surface area contributed by atoms with Gasteiger partial charge in [-0.15, -0.1) is 11.3 Å². The standard InChI is InChI=1S/C24H20N4O3S/c1-16-7-9-18(10-8-16)22-25-20(31-26-22)15-28-19-12-14-32-21(19)23(29)27(24(28)30)13-11-17-5-3-2-4-6-17/h2-10,12,14H,11,13,15H2,1H3. The lowest BCUT2D eigenvalue weighted by Crippen LogP contribution is -2.40. The van der Waals surface area contributed by atoms with E-state index in [1.54, 1.807) is 6.07 Å². The number of thiophene rings is 1. The summed E-state index contributed by atoms with van der Waals surface area (Å²) in [4.78, 5) is 30.7. The average molecular weight is 445 g/mol. The van der Waals surface area contributed by atoms with Gasteiger partial charge in [0, 0.05) is 12.1 Å². The molecule has 0 unspecified atom stereocenters. The fourth-order valence-corrected chi connectivity index (χ4v) is 4.49. The van der Waals surface area contributed by atoms with Crippen LogP contribution in [0, 0.1) is 6.92 Å². The summed E-state index contributed by atoms with van der Waals surface area (Å²) >= 11 is 1.33. The molecule has 7 nitrogen and oxygen atoms in total. The quantitative estimate of drug-likeness (QED) is 0.397. The number of aromatic nitrogens is 4. The molecule has 160 valence electrons. The Hall–Kier alpha value is -3.78. The summed E-state index contributed by atoms with van der Waals surface area (Å²) in [5.74, 6) is 0.774. The predicted octanol–water partition coefficient (Wildman–Crippen LogP) is 3.87. The molecular formula is C24H20N4O3S. The molecule has 0 N–H and O–H groups in total. The third kappa shape index (κ3) is 3.80. The van der Waals surface area contributed by atoms with Crippen molar-refractivity contribution >= 4 is 21.6 Å². The minimum absolute atomic E-state index is 0.0938. The van der Waals surface area contributed by atoms with Gasteiger partial charge in [-0.25, -0.2) is 4.79 Å². The molecule has 0 saturated carbocycles. The fraction of sp³-hybridized carbons (Fsp3) is 0.167. The Kier molecular flexibility index (Phi) is 5.28. The van der Waals surface area contributed by atoms with Crippen LogP contribution in [0.1, 0.15) is 17.0 Å². The Morgan fingerprint density at radius 2 is 1.75 bits per heavy atom. The van der Waals surface area contributed by atoms with E-state index in [-0.39, 0.29) is 17.8 Å². The first-order chi connectivity index (χ1) is 15.6. The second kappa shape index (κ2) is 8.39. The highest BCUT2D eigenvalue weighted by atomic mass is 32.1. The number of benzene rings is 2. The van der Waals surface area contributed by atoms with Gasteiger partial charge in [0.2, 0.25) is 11.7 Å². The number of nitrogens with zero attached hydrogens (tertiary/aromatic N) is 4. The van der Waals surface area contributed by atoms with E-state index in [4.69, 9.17) is 4.52 Å². The summed E-state index contributed by atoms with van der Waals surface area (Å²) in [5.41, 5.74) is 2.98. The smallest absolute Gasteiger partial charge is 0.332 e. The molecule has 3 heterocycles. The van der Waals surface area contributed by atoms with E-state index in [0.29, 0.717) is 34.9 Å². The summed E-state index contributed by atoms with van der Waals surface area (Å²) in [5, 5.41) is 5.87. The molecule has 5 aromatic rings. The largest absolute Gasteiger partial charge is 0.337 e. The second-order valence-corrected chi connectivity index (χ2v) is 8.49. The molecule has 0 radical (unpaired) electrons. The Morgan fingerprint density at radius 1 is 0.969 bits per heavy atom. The van der Waals surface area contributed by atoms with Crippen LogP contribution in [0.2, 0.25) is 0 Å². The van der Waals surface area contributed by atoms with Gasteiger partial charge < -0.3 is 4.52 Å². The van der Waals surface area contributed by atoms with Gasteiger partial charge in [0.15, 0.2) is 0 Å². The van der Waals surface area contributed by atoms with Crippen molar-refractivity contribution < 1.29 is 4.52 Å². The lowest BCUT2D eigenvalue weighted by molar-refractivity contribution is 0.369. The molecular weight excluding hydrogens is 424 g/mol. The molecule has 0 amide bonds. The van der Waals surface area contributed by atoms with E-state index in [0.717, 1.165) is 16.7 Å². The van der Waals surface area contributed by atoms with Crippen LogP contribution in [0.15, 0.2) is 80.2 Å². The predicted molar refractivity (Wildman–Crippen MR) is 124 cm³/mol. The van der Waals surface area contributed by atoms with Crippen molar-refractivity contribution in [2.24, 2.45) is 0 Å². The van der Waals surface area contributed by atoms with Gasteiger partial charge in [-0.2, -0.15) is 4.98 Å².